The number of amides is 1. The molecule has 0 radical (unpaired) electrons. The van der Waals surface area contributed by atoms with Crippen molar-refractivity contribution in [3.05, 3.63) is 24.2 Å². The molecule has 106 valence electrons. The Morgan fingerprint density at radius 1 is 1.50 bits per heavy atom. The average molecular weight is 293 g/mol. The zero-order valence-corrected chi connectivity index (χ0v) is 11.9. The predicted octanol–water partition coefficient (Wildman–Crippen LogP) is 1.88. The fraction of sp³-hybridized carbons (Fsp3) is 0.500. The molecular formula is C14H17ClN4O. The Bertz CT molecular complexity index is 621. The number of imidazole rings is 1. The molecule has 0 bridgehead atoms. The molecule has 1 N–H and O–H groups in total. The van der Waals surface area contributed by atoms with Crippen LogP contribution in [0.5, 0.6) is 0 Å². The van der Waals surface area contributed by atoms with Crippen molar-refractivity contribution in [3.63, 3.8) is 0 Å². The molecule has 1 aliphatic rings. The van der Waals surface area contributed by atoms with Crippen LogP contribution >= 0.6 is 11.6 Å². The largest absolute Gasteiger partial charge is 0.353 e. The summed E-state index contributed by atoms with van der Waals surface area (Å²) in [7, 11) is 0. The van der Waals surface area contributed by atoms with Crippen molar-refractivity contribution >= 4 is 28.7 Å². The van der Waals surface area contributed by atoms with Gasteiger partial charge in [0.15, 0.2) is 5.65 Å². The van der Waals surface area contributed by atoms with Crippen molar-refractivity contribution in [2.45, 2.75) is 38.3 Å². The van der Waals surface area contributed by atoms with E-state index < -0.39 is 0 Å². The summed E-state index contributed by atoms with van der Waals surface area (Å²) in [5.74, 6) is 1.51. The zero-order chi connectivity index (χ0) is 13.9. The minimum absolute atomic E-state index is 0.0992. The number of hydrogen-bond acceptors (Lipinski definition) is 3. The first-order valence-corrected chi connectivity index (χ1v) is 7.47. The van der Waals surface area contributed by atoms with Gasteiger partial charge in [-0.25, -0.2) is 9.97 Å². The third-order valence-electron chi connectivity index (χ3n) is 3.41. The summed E-state index contributed by atoms with van der Waals surface area (Å²) in [6.45, 7) is 0.596. The number of aromatic nitrogens is 3. The van der Waals surface area contributed by atoms with Gasteiger partial charge in [-0.3, -0.25) is 4.79 Å². The molecule has 0 saturated heterocycles. The minimum atomic E-state index is 0.0992. The number of halogens is 1. The van der Waals surface area contributed by atoms with Gasteiger partial charge in [0, 0.05) is 37.5 Å². The summed E-state index contributed by atoms with van der Waals surface area (Å²) < 4.78 is 2.00. The molecule has 1 aliphatic carbocycles. The summed E-state index contributed by atoms with van der Waals surface area (Å²) in [4.78, 5) is 20.7. The number of alkyl halides is 1. The first-order chi connectivity index (χ1) is 9.78. The Hall–Kier alpha value is -1.62. The number of carbonyl (C=O) groups is 1. The SMILES string of the molecule is O=C(CCn1c(CCCl)nc2cccnc21)NC1CC1. The molecule has 1 fully saturated rings. The molecule has 2 aromatic heterocycles. The van der Waals surface area contributed by atoms with E-state index in [0.717, 1.165) is 29.8 Å². The highest BCUT2D eigenvalue weighted by Crippen LogP contribution is 2.19. The monoisotopic (exact) mass is 292 g/mol. The van der Waals surface area contributed by atoms with E-state index in [2.05, 4.69) is 15.3 Å². The smallest absolute Gasteiger partial charge is 0.222 e. The highest BCUT2D eigenvalue weighted by atomic mass is 35.5. The number of hydrogen-bond donors (Lipinski definition) is 1. The number of carbonyl (C=O) groups excluding carboxylic acids is 1. The highest BCUT2D eigenvalue weighted by Gasteiger charge is 2.23. The van der Waals surface area contributed by atoms with E-state index in [-0.39, 0.29) is 5.91 Å². The number of rotatable bonds is 6. The highest BCUT2D eigenvalue weighted by molar-refractivity contribution is 6.17. The Morgan fingerprint density at radius 3 is 3.10 bits per heavy atom. The molecule has 0 atom stereocenters. The number of fused-ring (bicyclic) bond motifs is 1. The third-order valence-corrected chi connectivity index (χ3v) is 3.59. The van der Waals surface area contributed by atoms with Crippen molar-refractivity contribution in [2.75, 3.05) is 5.88 Å². The molecule has 2 aromatic rings. The topological polar surface area (TPSA) is 59.8 Å². The van der Waals surface area contributed by atoms with Gasteiger partial charge in [-0.1, -0.05) is 0 Å². The summed E-state index contributed by atoms with van der Waals surface area (Å²) in [5, 5.41) is 3.00. The van der Waals surface area contributed by atoms with E-state index in [1.54, 1.807) is 6.20 Å². The van der Waals surface area contributed by atoms with Gasteiger partial charge in [0.1, 0.15) is 11.3 Å². The zero-order valence-electron chi connectivity index (χ0n) is 11.2. The predicted molar refractivity (Wildman–Crippen MR) is 77.7 cm³/mol. The third kappa shape index (κ3) is 2.93. The number of nitrogens with one attached hydrogen (secondary N) is 1. The van der Waals surface area contributed by atoms with Crippen molar-refractivity contribution in [3.8, 4) is 0 Å². The van der Waals surface area contributed by atoms with Crippen molar-refractivity contribution in [1.82, 2.24) is 19.9 Å². The molecule has 5 nitrogen and oxygen atoms in total. The Morgan fingerprint density at radius 2 is 2.35 bits per heavy atom. The van der Waals surface area contributed by atoms with Gasteiger partial charge in [-0.05, 0) is 25.0 Å². The van der Waals surface area contributed by atoms with E-state index in [1.807, 2.05) is 16.7 Å². The van der Waals surface area contributed by atoms with E-state index in [4.69, 9.17) is 11.6 Å². The molecule has 0 spiro atoms. The van der Waals surface area contributed by atoms with Crippen LogP contribution in [0.3, 0.4) is 0 Å². The lowest BCUT2D eigenvalue weighted by atomic mass is 10.3. The maximum atomic E-state index is 11.8. The molecule has 6 heteroatoms. The Labute approximate surface area is 122 Å². The second kappa shape index (κ2) is 5.79. The lowest BCUT2D eigenvalue weighted by molar-refractivity contribution is -0.121. The van der Waals surface area contributed by atoms with Gasteiger partial charge in [0.05, 0.1) is 0 Å². The first-order valence-electron chi connectivity index (χ1n) is 6.93. The van der Waals surface area contributed by atoms with Crippen LogP contribution < -0.4 is 5.32 Å². The number of nitrogens with zero attached hydrogens (tertiary/aromatic N) is 3. The van der Waals surface area contributed by atoms with Crippen LogP contribution in [0, 0.1) is 0 Å². The lowest BCUT2D eigenvalue weighted by Crippen LogP contribution is -2.26. The van der Waals surface area contributed by atoms with Crippen LogP contribution in [0.4, 0.5) is 0 Å². The fourth-order valence-electron chi connectivity index (χ4n) is 2.26. The summed E-state index contributed by atoms with van der Waals surface area (Å²) in [5.41, 5.74) is 1.68. The van der Waals surface area contributed by atoms with Crippen LogP contribution in [0.1, 0.15) is 25.1 Å². The molecule has 2 heterocycles. The van der Waals surface area contributed by atoms with E-state index in [1.165, 1.54) is 0 Å². The maximum absolute atomic E-state index is 11.8. The van der Waals surface area contributed by atoms with Crippen LogP contribution in [0.15, 0.2) is 18.3 Å². The van der Waals surface area contributed by atoms with E-state index in [0.29, 0.717) is 31.3 Å². The van der Waals surface area contributed by atoms with Gasteiger partial charge in [-0.15, -0.1) is 11.6 Å². The maximum Gasteiger partial charge on any atom is 0.222 e. The normalized spacial score (nSPS) is 14.7. The van der Waals surface area contributed by atoms with Gasteiger partial charge in [0.25, 0.3) is 0 Å². The van der Waals surface area contributed by atoms with Gasteiger partial charge in [-0.2, -0.15) is 0 Å². The van der Waals surface area contributed by atoms with Crippen molar-refractivity contribution in [2.24, 2.45) is 0 Å². The van der Waals surface area contributed by atoms with E-state index in [9.17, 15) is 4.79 Å². The van der Waals surface area contributed by atoms with Crippen LogP contribution in [-0.4, -0.2) is 32.4 Å². The van der Waals surface area contributed by atoms with Gasteiger partial charge >= 0.3 is 0 Å². The Kier molecular flexibility index (Phi) is 3.87. The molecule has 1 saturated carbocycles. The minimum Gasteiger partial charge on any atom is -0.353 e. The van der Waals surface area contributed by atoms with E-state index >= 15 is 0 Å². The average Bonchev–Trinajstić information content (AvgIpc) is 3.18. The summed E-state index contributed by atoms with van der Waals surface area (Å²) >= 11 is 5.82. The van der Waals surface area contributed by atoms with Crippen molar-refractivity contribution in [1.29, 1.82) is 0 Å². The number of aryl methyl sites for hydroxylation is 2. The van der Waals surface area contributed by atoms with Crippen molar-refractivity contribution < 1.29 is 4.79 Å². The van der Waals surface area contributed by atoms with Crippen LogP contribution in [0.2, 0.25) is 0 Å². The quantitative estimate of drug-likeness (QED) is 0.827. The molecule has 0 unspecified atom stereocenters. The molecule has 0 aliphatic heterocycles. The van der Waals surface area contributed by atoms with Crippen LogP contribution in [0.25, 0.3) is 11.2 Å². The van der Waals surface area contributed by atoms with Gasteiger partial charge < -0.3 is 9.88 Å². The Balaban J connectivity index is 1.77. The first kappa shape index (κ1) is 13.4. The molecular weight excluding hydrogens is 276 g/mol. The second-order valence-electron chi connectivity index (χ2n) is 5.06. The fourth-order valence-corrected chi connectivity index (χ4v) is 2.43. The van der Waals surface area contributed by atoms with Crippen LogP contribution in [-0.2, 0) is 17.8 Å². The lowest BCUT2D eigenvalue weighted by Gasteiger charge is -2.08. The molecule has 3 rings (SSSR count). The molecule has 20 heavy (non-hydrogen) atoms. The van der Waals surface area contributed by atoms with Gasteiger partial charge in [0.2, 0.25) is 5.91 Å². The summed E-state index contributed by atoms with van der Waals surface area (Å²) in [6, 6.07) is 4.20. The summed E-state index contributed by atoms with van der Waals surface area (Å²) in [6.07, 6.45) is 5.10. The number of pyridine rings is 1. The molecule has 1 amide bonds. The second-order valence-corrected chi connectivity index (χ2v) is 5.43. The molecule has 0 aromatic carbocycles. The standard InChI is InChI=1S/C14H17ClN4O/c15-7-5-12-18-11-2-1-8-16-14(11)19(12)9-6-13(20)17-10-3-4-10/h1-2,8,10H,3-7,9H2,(H,17,20).